The molecule has 1 atom stereocenters. The van der Waals surface area contributed by atoms with Crippen LogP contribution in [-0.4, -0.2) is 37.2 Å². The number of hydrogen-bond acceptors (Lipinski definition) is 6. The molecule has 0 amide bonds. The van der Waals surface area contributed by atoms with Crippen LogP contribution < -0.4 is 0 Å². The zero-order chi connectivity index (χ0) is 45.1. The zero-order valence-corrected chi connectivity index (χ0v) is 39.6. The number of esters is 3. The van der Waals surface area contributed by atoms with Crippen molar-refractivity contribution in [3.8, 4) is 0 Å². The highest BCUT2D eigenvalue weighted by atomic mass is 16.6. The monoisotopic (exact) mass is 857 g/mol. The molecule has 348 valence electrons. The van der Waals surface area contributed by atoms with Gasteiger partial charge >= 0.3 is 17.9 Å². The molecule has 0 aliphatic heterocycles. The van der Waals surface area contributed by atoms with Crippen LogP contribution in [0, 0.1) is 0 Å². The predicted octanol–water partition coefficient (Wildman–Crippen LogP) is 16.1. The molecule has 0 aromatic heterocycles. The van der Waals surface area contributed by atoms with Crippen molar-refractivity contribution in [1.82, 2.24) is 0 Å². The molecule has 0 saturated heterocycles. The highest BCUT2D eigenvalue weighted by Crippen LogP contribution is 2.12. The van der Waals surface area contributed by atoms with E-state index in [9.17, 15) is 14.4 Å². The first-order valence-electron chi connectivity index (χ1n) is 24.5. The van der Waals surface area contributed by atoms with Crippen molar-refractivity contribution in [3.05, 3.63) is 122 Å². The molecule has 0 aromatic carbocycles. The van der Waals surface area contributed by atoms with E-state index in [2.05, 4.69) is 130 Å². The number of carbonyl (C=O) groups is 3. The summed E-state index contributed by atoms with van der Waals surface area (Å²) in [5.74, 6) is -1.09. The van der Waals surface area contributed by atoms with Crippen LogP contribution in [0.25, 0.3) is 0 Å². The van der Waals surface area contributed by atoms with Gasteiger partial charge < -0.3 is 14.2 Å². The maximum atomic E-state index is 12.7. The molecule has 0 aliphatic carbocycles. The highest BCUT2D eigenvalue weighted by Gasteiger charge is 2.19. The van der Waals surface area contributed by atoms with E-state index >= 15 is 0 Å². The summed E-state index contributed by atoms with van der Waals surface area (Å²) in [7, 11) is 0. The maximum absolute atomic E-state index is 12.7. The van der Waals surface area contributed by atoms with E-state index in [-0.39, 0.29) is 38.0 Å². The lowest BCUT2D eigenvalue weighted by Gasteiger charge is -2.18. The van der Waals surface area contributed by atoms with Gasteiger partial charge in [0, 0.05) is 19.3 Å². The van der Waals surface area contributed by atoms with E-state index in [4.69, 9.17) is 14.2 Å². The van der Waals surface area contributed by atoms with Crippen molar-refractivity contribution in [2.24, 2.45) is 0 Å². The smallest absolute Gasteiger partial charge is 0.306 e. The third-order valence-electron chi connectivity index (χ3n) is 9.69. The van der Waals surface area contributed by atoms with E-state index in [1.807, 2.05) is 12.2 Å². The van der Waals surface area contributed by atoms with Crippen LogP contribution in [0.2, 0.25) is 0 Å². The first-order valence-corrected chi connectivity index (χ1v) is 24.5. The summed E-state index contributed by atoms with van der Waals surface area (Å²) < 4.78 is 16.6. The first-order chi connectivity index (χ1) is 30.5. The van der Waals surface area contributed by atoms with Gasteiger partial charge in [-0.2, -0.15) is 0 Å². The van der Waals surface area contributed by atoms with Gasteiger partial charge in [0.1, 0.15) is 13.2 Å². The van der Waals surface area contributed by atoms with Crippen molar-refractivity contribution >= 4 is 17.9 Å². The Morgan fingerprint density at radius 1 is 0.339 bits per heavy atom. The third-order valence-corrected chi connectivity index (χ3v) is 9.69. The summed E-state index contributed by atoms with van der Waals surface area (Å²) in [6.45, 7) is 6.23. The van der Waals surface area contributed by atoms with E-state index in [0.717, 1.165) is 89.9 Å². The Kier molecular flexibility index (Phi) is 46.1. The molecular weight excluding hydrogens is 769 g/mol. The van der Waals surface area contributed by atoms with Crippen LogP contribution in [0.5, 0.6) is 0 Å². The molecule has 0 radical (unpaired) electrons. The summed E-state index contributed by atoms with van der Waals surface area (Å²) in [5.41, 5.74) is 0. The molecule has 0 aromatic rings. The third kappa shape index (κ3) is 46.9. The fourth-order valence-electron chi connectivity index (χ4n) is 6.07. The minimum absolute atomic E-state index is 0.131. The lowest BCUT2D eigenvalue weighted by Crippen LogP contribution is -2.30. The summed E-state index contributed by atoms with van der Waals surface area (Å²) in [6.07, 6.45) is 67.7. The van der Waals surface area contributed by atoms with Crippen molar-refractivity contribution in [2.75, 3.05) is 13.2 Å². The van der Waals surface area contributed by atoms with Gasteiger partial charge in [-0.3, -0.25) is 14.4 Å². The van der Waals surface area contributed by atoms with Crippen LogP contribution in [-0.2, 0) is 28.6 Å². The fourth-order valence-corrected chi connectivity index (χ4v) is 6.07. The Morgan fingerprint density at radius 2 is 0.677 bits per heavy atom. The van der Waals surface area contributed by atoms with Gasteiger partial charge in [-0.05, 0) is 109 Å². The number of ether oxygens (including phenoxy) is 3. The minimum Gasteiger partial charge on any atom is -0.462 e. The molecule has 0 N–H and O–H groups in total. The van der Waals surface area contributed by atoms with Crippen molar-refractivity contribution < 1.29 is 28.6 Å². The van der Waals surface area contributed by atoms with Crippen LogP contribution >= 0.6 is 0 Å². The number of unbranched alkanes of at least 4 members (excludes halogenated alkanes) is 11. The SMILES string of the molecule is CC/C=C\C/C=C\C/C=C\C/C=C\C/C=C\CCC(=O)OC(COC(=O)CCC/C=C\C/C=C\C/C=C\CC)COC(=O)CCCCCCCCC/C=C\C/C=C\CCCCC. The molecule has 6 nitrogen and oxygen atoms in total. The van der Waals surface area contributed by atoms with Crippen LogP contribution in [0.4, 0.5) is 0 Å². The summed E-state index contributed by atoms with van der Waals surface area (Å²) in [5, 5.41) is 0. The number of hydrogen-bond donors (Lipinski definition) is 0. The van der Waals surface area contributed by atoms with Crippen LogP contribution in [0.15, 0.2) is 122 Å². The largest absolute Gasteiger partial charge is 0.462 e. The lowest BCUT2D eigenvalue weighted by molar-refractivity contribution is -0.166. The van der Waals surface area contributed by atoms with Crippen LogP contribution in [0.1, 0.15) is 194 Å². The second-order valence-electron chi connectivity index (χ2n) is 15.6. The van der Waals surface area contributed by atoms with E-state index in [1.54, 1.807) is 0 Å². The molecule has 0 spiro atoms. The number of carbonyl (C=O) groups excluding carboxylic acids is 3. The van der Waals surface area contributed by atoms with Gasteiger partial charge in [0.15, 0.2) is 6.10 Å². The van der Waals surface area contributed by atoms with Gasteiger partial charge in [-0.1, -0.05) is 187 Å². The Labute approximate surface area is 380 Å². The Balaban J connectivity index is 4.56. The molecule has 0 fully saturated rings. The van der Waals surface area contributed by atoms with Gasteiger partial charge in [-0.15, -0.1) is 0 Å². The standard InChI is InChI=1S/C56H88O6/c1-4-7-10-13-16-19-22-24-26-28-30-31-34-37-40-43-46-49-55(58)61-52-53(51-60-54(57)48-45-42-39-36-33-21-18-15-12-9-6-3)62-56(59)50-47-44-41-38-35-32-29-27-25-23-20-17-14-11-8-5-2/h8-9,11-12,16-21,24-27,32,35-36,39,41,44,53H,4-7,10,13-15,22-23,28-31,33-34,37-38,40,42-43,45-52H2,1-3H3/b11-8-,12-9-,19-16-,20-17-,21-18-,26-24-,27-25-,35-32-,39-36-,44-41-. The Hall–Kier alpha value is -4.19. The van der Waals surface area contributed by atoms with Crippen molar-refractivity contribution in [1.29, 1.82) is 0 Å². The normalized spacial score (nSPS) is 13.1. The summed E-state index contributed by atoms with van der Waals surface area (Å²) >= 11 is 0. The average Bonchev–Trinajstić information content (AvgIpc) is 3.27. The van der Waals surface area contributed by atoms with Gasteiger partial charge in [0.25, 0.3) is 0 Å². The molecule has 0 heterocycles. The molecular formula is C56H88O6. The first kappa shape index (κ1) is 57.8. The van der Waals surface area contributed by atoms with Gasteiger partial charge in [0.05, 0.1) is 0 Å². The van der Waals surface area contributed by atoms with Crippen molar-refractivity contribution in [3.63, 3.8) is 0 Å². The Bertz CT molecular complexity index is 1350. The molecule has 0 aliphatic rings. The minimum atomic E-state index is -0.843. The molecule has 62 heavy (non-hydrogen) atoms. The topological polar surface area (TPSA) is 78.9 Å². The quantitative estimate of drug-likeness (QED) is 0.0263. The van der Waals surface area contributed by atoms with Crippen molar-refractivity contribution in [2.45, 2.75) is 200 Å². The second-order valence-corrected chi connectivity index (χ2v) is 15.6. The molecule has 0 saturated carbocycles. The molecule has 1 unspecified atom stereocenters. The predicted molar refractivity (Wildman–Crippen MR) is 265 cm³/mol. The molecule has 0 bridgehead atoms. The second kappa shape index (κ2) is 49.5. The maximum Gasteiger partial charge on any atom is 0.306 e. The zero-order valence-electron chi connectivity index (χ0n) is 39.6. The van der Waals surface area contributed by atoms with E-state index in [0.29, 0.717) is 19.3 Å². The van der Waals surface area contributed by atoms with Gasteiger partial charge in [0.2, 0.25) is 0 Å². The highest BCUT2D eigenvalue weighted by molar-refractivity contribution is 5.71. The van der Waals surface area contributed by atoms with E-state index in [1.165, 1.54) is 51.4 Å². The average molecular weight is 857 g/mol. The van der Waals surface area contributed by atoms with Gasteiger partial charge in [-0.25, -0.2) is 0 Å². The summed E-state index contributed by atoms with van der Waals surface area (Å²) in [4.78, 5) is 37.8. The molecule has 6 heteroatoms. The fraction of sp³-hybridized carbons (Fsp3) is 0.589. The van der Waals surface area contributed by atoms with Crippen LogP contribution in [0.3, 0.4) is 0 Å². The number of rotatable bonds is 42. The number of allylic oxidation sites excluding steroid dienone is 20. The Morgan fingerprint density at radius 3 is 1.11 bits per heavy atom. The van der Waals surface area contributed by atoms with E-state index < -0.39 is 12.1 Å². The summed E-state index contributed by atoms with van der Waals surface area (Å²) in [6, 6.07) is 0. The lowest BCUT2D eigenvalue weighted by atomic mass is 10.1. The molecule has 0 rings (SSSR count).